The van der Waals surface area contributed by atoms with Crippen molar-refractivity contribution in [1.29, 1.82) is 0 Å². The number of anilines is 2. The van der Waals surface area contributed by atoms with Crippen molar-refractivity contribution in [2.24, 2.45) is 7.05 Å². The Kier molecular flexibility index (Phi) is 6.76. The first-order chi connectivity index (χ1) is 18.4. The fourth-order valence-electron chi connectivity index (χ4n) is 4.72. The lowest BCUT2D eigenvalue weighted by molar-refractivity contribution is 0.00640. The Bertz CT molecular complexity index is 1640. The van der Waals surface area contributed by atoms with Gasteiger partial charge in [-0.25, -0.2) is 14.8 Å². The van der Waals surface area contributed by atoms with Crippen molar-refractivity contribution in [3.05, 3.63) is 80.4 Å². The monoisotopic (exact) mass is 547 g/mol. The predicted molar refractivity (Wildman–Crippen MR) is 150 cm³/mol. The number of ether oxygens (including phenoxy) is 1. The molecular weight excluding hydrogens is 518 g/mol. The summed E-state index contributed by atoms with van der Waals surface area (Å²) in [7, 11) is 1.73. The lowest BCUT2D eigenvalue weighted by atomic mass is 10.0. The summed E-state index contributed by atoms with van der Waals surface area (Å²) in [6.07, 6.45) is 3.33. The number of aryl methyl sites for hydroxylation is 1. The van der Waals surface area contributed by atoms with E-state index in [9.17, 15) is 9.59 Å². The van der Waals surface area contributed by atoms with Gasteiger partial charge in [0.1, 0.15) is 10.8 Å². The highest BCUT2D eigenvalue weighted by Crippen LogP contribution is 2.31. The minimum Gasteiger partial charge on any atom is -0.455 e. The van der Waals surface area contributed by atoms with E-state index < -0.39 is 11.6 Å². The molecule has 1 N–H and O–H groups in total. The van der Waals surface area contributed by atoms with Gasteiger partial charge in [0.2, 0.25) is 5.95 Å². The van der Waals surface area contributed by atoms with E-state index in [1.165, 1.54) is 0 Å². The maximum absolute atomic E-state index is 13.5. The SMILES string of the molecule is Cc1cc(C(C)Nc2ccc(Cl)nc2C(=O)OC(C)(C)C)c2nc(N3Cc4nccnc4C3)n(C)c(=O)c2c1. The fourth-order valence-corrected chi connectivity index (χ4v) is 4.87. The number of rotatable bonds is 5. The van der Waals surface area contributed by atoms with Crippen molar-refractivity contribution in [2.45, 2.75) is 59.4 Å². The Morgan fingerprint density at radius 1 is 1.10 bits per heavy atom. The minimum atomic E-state index is -0.697. The number of aromatic nitrogens is 5. The van der Waals surface area contributed by atoms with Gasteiger partial charge in [-0.15, -0.1) is 0 Å². The van der Waals surface area contributed by atoms with Gasteiger partial charge in [-0.05, 0) is 58.4 Å². The Hall–Kier alpha value is -4.05. The van der Waals surface area contributed by atoms with Crippen LogP contribution in [0.15, 0.2) is 41.5 Å². The van der Waals surface area contributed by atoms with Crippen LogP contribution < -0.4 is 15.8 Å². The fraction of sp³-hybridized carbons (Fsp3) is 0.357. The number of fused-ring (bicyclic) bond motifs is 2. The van der Waals surface area contributed by atoms with Crippen LogP contribution in [0.2, 0.25) is 5.15 Å². The number of hydrogen-bond donors (Lipinski definition) is 1. The van der Waals surface area contributed by atoms with E-state index in [1.54, 1.807) is 56.9 Å². The van der Waals surface area contributed by atoms with E-state index in [1.807, 2.05) is 30.9 Å². The second-order valence-electron chi connectivity index (χ2n) is 10.7. The molecule has 1 unspecified atom stereocenters. The number of halogens is 1. The lowest BCUT2D eigenvalue weighted by Gasteiger charge is -2.23. The quantitative estimate of drug-likeness (QED) is 0.279. The number of pyridine rings is 1. The zero-order valence-corrected chi connectivity index (χ0v) is 23.5. The standard InChI is InChI=1S/C28H30ClN7O3/c1-15-11-17(16(2)32-19-7-8-22(29)33-24(19)26(38)39-28(3,4)5)23-18(12-15)25(37)35(6)27(34-23)36-13-20-21(14-36)31-10-9-30-20/h7-12,16,32H,13-14H2,1-6H3. The summed E-state index contributed by atoms with van der Waals surface area (Å²) < 4.78 is 7.12. The molecule has 1 aliphatic heterocycles. The first-order valence-electron chi connectivity index (χ1n) is 12.6. The molecule has 1 atom stereocenters. The molecule has 0 bridgehead atoms. The van der Waals surface area contributed by atoms with Crippen LogP contribution in [-0.2, 0) is 24.9 Å². The molecule has 4 aromatic rings. The summed E-state index contributed by atoms with van der Waals surface area (Å²) in [5.74, 6) is -0.0499. The lowest BCUT2D eigenvalue weighted by Crippen LogP contribution is -2.29. The van der Waals surface area contributed by atoms with Crippen LogP contribution in [-0.4, -0.2) is 36.1 Å². The van der Waals surface area contributed by atoms with Gasteiger partial charge < -0.3 is 15.0 Å². The van der Waals surface area contributed by atoms with Gasteiger partial charge >= 0.3 is 5.97 Å². The molecule has 202 valence electrons. The van der Waals surface area contributed by atoms with Gasteiger partial charge in [0, 0.05) is 25.0 Å². The topological polar surface area (TPSA) is 115 Å². The molecule has 0 fully saturated rings. The average molecular weight is 548 g/mol. The average Bonchev–Trinajstić information content (AvgIpc) is 3.30. The smallest absolute Gasteiger partial charge is 0.359 e. The summed E-state index contributed by atoms with van der Waals surface area (Å²) >= 11 is 6.12. The van der Waals surface area contributed by atoms with E-state index in [2.05, 4.69) is 20.3 Å². The Labute approximate surface area is 231 Å². The zero-order valence-electron chi connectivity index (χ0n) is 22.7. The third-order valence-electron chi connectivity index (χ3n) is 6.45. The van der Waals surface area contributed by atoms with Gasteiger partial charge in [0.25, 0.3) is 5.56 Å². The maximum atomic E-state index is 13.5. The predicted octanol–water partition coefficient (Wildman–Crippen LogP) is 4.73. The first-order valence-corrected chi connectivity index (χ1v) is 13.0. The molecule has 11 heteroatoms. The highest BCUT2D eigenvalue weighted by atomic mass is 35.5. The van der Waals surface area contributed by atoms with Crippen molar-refractivity contribution in [3.8, 4) is 0 Å². The minimum absolute atomic E-state index is 0.0839. The molecule has 10 nitrogen and oxygen atoms in total. The third kappa shape index (κ3) is 5.29. The van der Waals surface area contributed by atoms with Crippen molar-refractivity contribution in [2.75, 3.05) is 10.2 Å². The van der Waals surface area contributed by atoms with E-state index in [4.69, 9.17) is 21.3 Å². The first kappa shape index (κ1) is 26.6. The summed E-state index contributed by atoms with van der Waals surface area (Å²) in [4.78, 5) is 46.5. The summed E-state index contributed by atoms with van der Waals surface area (Å²) in [6, 6.07) is 6.81. The van der Waals surface area contributed by atoms with Gasteiger partial charge in [-0.2, -0.15) is 0 Å². The summed E-state index contributed by atoms with van der Waals surface area (Å²) in [6.45, 7) is 10.3. The van der Waals surface area contributed by atoms with Gasteiger partial charge in [-0.3, -0.25) is 19.3 Å². The normalized spacial score (nSPS) is 13.9. The molecule has 0 spiro atoms. The molecule has 0 saturated carbocycles. The number of nitrogens with zero attached hydrogens (tertiary/aromatic N) is 6. The second-order valence-corrected chi connectivity index (χ2v) is 11.1. The van der Waals surface area contributed by atoms with Crippen molar-refractivity contribution in [3.63, 3.8) is 0 Å². The number of hydrogen-bond acceptors (Lipinski definition) is 9. The number of esters is 1. The molecule has 4 heterocycles. The summed E-state index contributed by atoms with van der Waals surface area (Å²) in [5.41, 5.74) is 3.75. The van der Waals surface area contributed by atoms with E-state index in [-0.39, 0.29) is 22.4 Å². The van der Waals surface area contributed by atoms with Crippen molar-refractivity contribution >= 4 is 40.1 Å². The van der Waals surface area contributed by atoms with Gasteiger partial charge in [0.15, 0.2) is 5.69 Å². The molecule has 0 saturated heterocycles. The second kappa shape index (κ2) is 9.92. The summed E-state index contributed by atoms with van der Waals surface area (Å²) in [5, 5.41) is 4.07. The Balaban J connectivity index is 1.56. The number of nitrogens with one attached hydrogen (secondary N) is 1. The highest BCUT2D eigenvalue weighted by molar-refractivity contribution is 6.29. The van der Waals surface area contributed by atoms with Gasteiger partial charge in [-0.1, -0.05) is 17.7 Å². The molecule has 0 amide bonds. The van der Waals surface area contributed by atoms with Crippen LogP contribution in [0.25, 0.3) is 10.9 Å². The molecule has 5 rings (SSSR count). The largest absolute Gasteiger partial charge is 0.455 e. The molecule has 0 radical (unpaired) electrons. The van der Waals surface area contributed by atoms with Crippen molar-refractivity contribution < 1.29 is 9.53 Å². The van der Waals surface area contributed by atoms with Crippen LogP contribution in [0.1, 0.15) is 66.7 Å². The maximum Gasteiger partial charge on any atom is 0.359 e. The van der Waals surface area contributed by atoms with E-state index in [0.717, 1.165) is 22.5 Å². The highest BCUT2D eigenvalue weighted by Gasteiger charge is 2.27. The number of benzene rings is 1. The van der Waals surface area contributed by atoms with Crippen LogP contribution in [0.3, 0.4) is 0 Å². The van der Waals surface area contributed by atoms with E-state index in [0.29, 0.717) is 35.6 Å². The molecule has 0 aliphatic carbocycles. The molecule has 1 aromatic carbocycles. The van der Waals surface area contributed by atoms with Crippen LogP contribution in [0, 0.1) is 6.92 Å². The number of carbonyl (C=O) groups excluding carboxylic acids is 1. The van der Waals surface area contributed by atoms with Crippen molar-refractivity contribution in [1.82, 2.24) is 24.5 Å². The van der Waals surface area contributed by atoms with Gasteiger partial charge in [0.05, 0.1) is 47.1 Å². The molecule has 1 aliphatic rings. The van der Waals surface area contributed by atoms with E-state index >= 15 is 0 Å². The molecule has 39 heavy (non-hydrogen) atoms. The van der Waals surface area contributed by atoms with Crippen LogP contribution in [0.4, 0.5) is 11.6 Å². The number of carbonyl (C=O) groups is 1. The zero-order chi connectivity index (χ0) is 28.1. The van der Waals surface area contributed by atoms with Crippen LogP contribution in [0.5, 0.6) is 0 Å². The molecule has 3 aromatic heterocycles. The Morgan fingerprint density at radius 3 is 2.41 bits per heavy atom. The van der Waals surface area contributed by atoms with Crippen LogP contribution >= 0.6 is 11.6 Å². The Morgan fingerprint density at radius 2 is 1.77 bits per heavy atom. The molecular formula is C28H30ClN7O3. The third-order valence-corrected chi connectivity index (χ3v) is 6.66.